The number of carbonyl (C=O) groups is 1. The van der Waals surface area contributed by atoms with E-state index in [-0.39, 0.29) is 12.5 Å². The molecule has 2 aromatic carbocycles. The van der Waals surface area contributed by atoms with Crippen LogP contribution in [0.3, 0.4) is 0 Å². The van der Waals surface area contributed by atoms with Crippen LogP contribution >= 0.6 is 0 Å². The summed E-state index contributed by atoms with van der Waals surface area (Å²) >= 11 is 0. The van der Waals surface area contributed by atoms with Crippen LogP contribution < -0.4 is 15.3 Å². The normalized spacial score (nSPS) is 11.2. The highest BCUT2D eigenvalue weighted by atomic mass is 16.5. The lowest BCUT2D eigenvalue weighted by molar-refractivity contribution is -0.119. The van der Waals surface area contributed by atoms with E-state index in [0.29, 0.717) is 41.1 Å². The SMILES string of the molecule is CCOc1ccccc1N(CC)C(=O)Cn1ncc2c(=O)oc3ccc(C)cc3c21. The van der Waals surface area contributed by atoms with Crippen molar-refractivity contribution in [3.8, 4) is 5.75 Å². The Hall–Kier alpha value is -3.61. The van der Waals surface area contributed by atoms with Crippen molar-refractivity contribution in [1.82, 2.24) is 9.78 Å². The maximum absolute atomic E-state index is 13.2. The first-order valence-electron chi connectivity index (χ1n) is 9.94. The largest absolute Gasteiger partial charge is 0.492 e. The highest BCUT2D eigenvalue weighted by Gasteiger charge is 2.21. The maximum Gasteiger partial charge on any atom is 0.347 e. The van der Waals surface area contributed by atoms with E-state index in [0.717, 1.165) is 10.9 Å². The second-order valence-corrected chi connectivity index (χ2v) is 6.99. The van der Waals surface area contributed by atoms with Crippen molar-refractivity contribution in [2.24, 2.45) is 0 Å². The molecule has 7 nitrogen and oxygen atoms in total. The summed E-state index contributed by atoms with van der Waals surface area (Å²) in [4.78, 5) is 27.3. The van der Waals surface area contributed by atoms with Crippen LogP contribution in [0.1, 0.15) is 19.4 Å². The molecular formula is C23H23N3O4. The number of anilines is 1. The fourth-order valence-electron chi connectivity index (χ4n) is 3.66. The van der Waals surface area contributed by atoms with E-state index in [9.17, 15) is 9.59 Å². The van der Waals surface area contributed by atoms with Gasteiger partial charge in [0, 0.05) is 11.9 Å². The molecule has 0 bridgehead atoms. The molecule has 0 saturated heterocycles. The molecule has 0 aliphatic heterocycles. The molecule has 4 rings (SSSR count). The van der Waals surface area contributed by atoms with Crippen LogP contribution in [0.2, 0.25) is 0 Å². The number of hydrogen-bond donors (Lipinski definition) is 0. The molecular weight excluding hydrogens is 382 g/mol. The van der Waals surface area contributed by atoms with Gasteiger partial charge in [-0.2, -0.15) is 5.10 Å². The number of fused-ring (bicyclic) bond motifs is 3. The van der Waals surface area contributed by atoms with Gasteiger partial charge in [0.2, 0.25) is 5.91 Å². The average molecular weight is 405 g/mol. The van der Waals surface area contributed by atoms with Crippen molar-refractivity contribution < 1.29 is 13.9 Å². The Morgan fingerprint density at radius 3 is 2.73 bits per heavy atom. The number of carbonyl (C=O) groups excluding carboxylic acids is 1. The summed E-state index contributed by atoms with van der Waals surface area (Å²) < 4.78 is 12.7. The third-order valence-electron chi connectivity index (χ3n) is 5.01. The van der Waals surface area contributed by atoms with Crippen LogP contribution in [0.25, 0.3) is 21.9 Å². The van der Waals surface area contributed by atoms with E-state index in [2.05, 4.69) is 5.10 Å². The average Bonchev–Trinajstić information content (AvgIpc) is 3.15. The number of likely N-dealkylation sites (N-methyl/N-ethyl adjacent to an activating group) is 1. The molecule has 0 saturated carbocycles. The van der Waals surface area contributed by atoms with E-state index >= 15 is 0 Å². The summed E-state index contributed by atoms with van der Waals surface area (Å²) in [6.45, 7) is 6.76. The molecule has 0 atom stereocenters. The first kappa shape index (κ1) is 19.7. The summed E-state index contributed by atoms with van der Waals surface area (Å²) in [6.07, 6.45) is 1.46. The van der Waals surface area contributed by atoms with Crippen molar-refractivity contribution >= 4 is 33.5 Å². The molecule has 2 aromatic heterocycles. The number of aryl methyl sites for hydroxylation is 1. The van der Waals surface area contributed by atoms with E-state index in [1.54, 1.807) is 15.6 Å². The lowest BCUT2D eigenvalue weighted by Crippen LogP contribution is -2.34. The van der Waals surface area contributed by atoms with Gasteiger partial charge in [-0.3, -0.25) is 9.48 Å². The van der Waals surface area contributed by atoms with Gasteiger partial charge in [0.15, 0.2) is 0 Å². The third kappa shape index (κ3) is 3.43. The van der Waals surface area contributed by atoms with Crippen LogP contribution in [0.15, 0.2) is 57.9 Å². The molecule has 0 unspecified atom stereocenters. The summed E-state index contributed by atoms with van der Waals surface area (Å²) in [6, 6.07) is 13.0. The maximum atomic E-state index is 13.2. The van der Waals surface area contributed by atoms with Gasteiger partial charge in [0.1, 0.15) is 23.3 Å². The Bertz CT molecular complexity index is 1290. The van der Waals surface area contributed by atoms with Crippen LogP contribution in [0.5, 0.6) is 5.75 Å². The van der Waals surface area contributed by atoms with Crippen LogP contribution in [0, 0.1) is 6.92 Å². The van der Waals surface area contributed by atoms with Gasteiger partial charge in [0.05, 0.1) is 24.0 Å². The van der Waals surface area contributed by atoms with Gasteiger partial charge >= 0.3 is 5.63 Å². The zero-order valence-electron chi connectivity index (χ0n) is 17.2. The minimum atomic E-state index is -0.464. The van der Waals surface area contributed by atoms with Crippen LogP contribution in [0.4, 0.5) is 5.69 Å². The zero-order valence-corrected chi connectivity index (χ0v) is 17.2. The Balaban J connectivity index is 1.77. The van der Waals surface area contributed by atoms with Crippen LogP contribution in [-0.2, 0) is 11.3 Å². The standard InChI is InChI=1S/C23H23N3O4/c1-4-25(18-8-6-7-9-20(18)29-5-2)21(27)14-26-22-16-12-15(3)10-11-19(16)30-23(28)17(22)13-24-26/h6-13H,4-5,14H2,1-3H3. The highest BCUT2D eigenvalue weighted by molar-refractivity contribution is 6.03. The molecule has 0 radical (unpaired) electrons. The Morgan fingerprint density at radius 2 is 1.97 bits per heavy atom. The number of aromatic nitrogens is 2. The van der Waals surface area contributed by atoms with Gasteiger partial charge < -0.3 is 14.1 Å². The number of nitrogens with zero attached hydrogens (tertiary/aromatic N) is 3. The third-order valence-corrected chi connectivity index (χ3v) is 5.01. The Labute approximate surface area is 173 Å². The molecule has 0 aliphatic rings. The number of amides is 1. The number of para-hydroxylation sites is 2. The zero-order chi connectivity index (χ0) is 21.3. The van der Waals surface area contributed by atoms with Crippen molar-refractivity contribution in [3.05, 3.63) is 64.6 Å². The second-order valence-electron chi connectivity index (χ2n) is 6.99. The van der Waals surface area contributed by atoms with E-state index in [1.807, 2.05) is 57.2 Å². The Kier molecular flexibility index (Phi) is 5.27. The number of rotatable bonds is 6. The molecule has 0 spiro atoms. The Morgan fingerprint density at radius 1 is 1.17 bits per heavy atom. The number of ether oxygens (including phenoxy) is 1. The summed E-state index contributed by atoms with van der Waals surface area (Å²) in [5, 5.41) is 5.44. The van der Waals surface area contributed by atoms with E-state index in [1.165, 1.54) is 6.20 Å². The van der Waals surface area contributed by atoms with E-state index in [4.69, 9.17) is 9.15 Å². The van der Waals surface area contributed by atoms with Gasteiger partial charge in [-0.25, -0.2) is 4.79 Å². The molecule has 1 amide bonds. The number of hydrogen-bond acceptors (Lipinski definition) is 5. The molecule has 2 heterocycles. The highest BCUT2D eigenvalue weighted by Crippen LogP contribution is 2.29. The summed E-state index contributed by atoms with van der Waals surface area (Å²) in [5.74, 6) is 0.505. The molecule has 154 valence electrons. The quantitative estimate of drug-likeness (QED) is 0.455. The van der Waals surface area contributed by atoms with Gasteiger partial charge in [-0.1, -0.05) is 23.8 Å². The fraction of sp³-hybridized carbons (Fsp3) is 0.261. The van der Waals surface area contributed by atoms with Crippen molar-refractivity contribution in [3.63, 3.8) is 0 Å². The molecule has 4 aromatic rings. The predicted molar refractivity (Wildman–Crippen MR) is 116 cm³/mol. The minimum absolute atomic E-state index is 0.00963. The van der Waals surface area contributed by atoms with Crippen molar-refractivity contribution in [2.45, 2.75) is 27.3 Å². The predicted octanol–water partition coefficient (Wildman–Crippen LogP) is 3.90. The molecule has 30 heavy (non-hydrogen) atoms. The monoisotopic (exact) mass is 405 g/mol. The molecule has 7 heteroatoms. The lowest BCUT2D eigenvalue weighted by Gasteiger charge is -2.23. The second kappa shape index (κ2) is 8.02. The van der Waals surface area contributed by atoms with Crippen LogP contribution in [-0.4, -0.2) is 28.8 Å². The molecule has 0 aliphatic carbocycles. The summed E-state index contributed by atoms with van der Waals surface area (Å²) in [7, 11) is 0. The van der Waals surface area contributed by atoms with Crippen molar-refractivity contribution in [2.75, 3.05) is 18.1 Å². The van der Waals surface area contributed by atoms with Gasteiger partial charge in [0.25, 0.3) is 0 Å². The van der Waals surface area contributed by atoms with E-state index < -0.39 is 5.63 Å². The molecule has 0 N–H and O–H groups in total. The minimum Gasteiger partial charge on any atom is -0.492 e. The molecule has 0 fully saturated rings. The topological polar surface area (TPSA) is 77.6 Å². The summed E-state index contributed by atoms with van der Waals surface area (Å²) in [5.41, 5.74) is 2.35. The fourth-order valence-corrected chi connectivity index (χ4v) is 3.66. The van der Waals surface area contributed by atoms with Gasteiger partial charge in [-0.05, 0) is 45.0 Å². The number of benzene rings is 2. The lowest BCUT2D eigenvalue weighted by atomic mass is 10.1. The van der Waals surface area contributed by atoms with Crippen molar-refractivity contribution in [1.29, 1.82) is 0 Å². The van der Waals surface area contributed by atoms with Gasteiger partial charge in [-0.15, -0.1) is 0 Å². The first-order valence-corrected chi connectivity index (χ1v) is 9.94. The smallest absolute Gasteiger partial charge is 0.347 e. The first-order chi connectivity index (χ1) is 14.5.